The molecule has 0 spiro atoms. The van der Waals surface area contributed by atoms with E-state index in [-0.39, 0.29) is 0 Å². The van der Waals surface area contributed by atoms with Gasteiger partial charge in [0.2, 0.25) is 0 Å². The highest BCUT2D eigenvalue weighted by molar-refractivity contribution is 5.59. The molecular formula is C16H22N4. The fourth-order valence-corrected chi connectivity index (χ4v) is 1.99. The lowest BCUT2D eigenvalue weighted by atomic mass is 10.3. The Morgan fingerprint density at radius 1 is 1.15 bits per heavy atom. The number of hydrogen-bond acceptors (Lipinski definition) is 4. The Bertz CT molecular complexity index is 539. The van der Waals surface area contributed by atoms with Crippen LogP contribution in [0.25, 0.3) is 0 Å². The van der Waals surface area contributed by atoms with Gasteiger partial charge in [0, 0.05) is 25.3 Å². The van der Waals surface area contributed by atoms with Crippen molar-refractivity contribution in [3.63, 3.8) is 0 Å². The molecule has 1 aromatic heterocycles. The molecule has 0 radical (unpaired) electrons. The molecule has 0 atom stereocenters. The normalized spacial score (nSPS) is 10.3. The van der Waals surface area contributed by atoms with Crippen molar-refractivity contribution in [3.8, 4) is 0 Å². The number of nitrogens with one attached hydrogen (secondary N) is 1. The summed E-state index contributed by atoms with van der Waals surface area (Å²) in [6.45, 7) is 5.13. The van der Waals surface area contributed by atoms with Gasteiger partial charge < -0.3 is 10.2 Å². The summed E-state index contributed by atoms with van der Waals surface area (Å²) in [4.78, 5) is 11.1. The number of aromatic nitrogens is 2. The van der Waals surface area contributed by atoms with E-state index in [0.717, 1.165) is 29.7 Å². The summed E-state index contributed by atoms with van der Waals surface area (Å²) in [5.74, 6) is 2.58. The molecular weight excluding hydrogens is 248 g/mol. The van der Waals surface area contributed by atoms with Crippen LogP contribution < -0.4 is 10.2 Å². The summed E-state index contributed by atoms with van der Waals surface area (Å²) < 4.78 is 0. The average molecular weight is 270 g/mol. The SMILES string of the molecule is CCCCN(C)c1cc(Nc2ccccc2)nc(C)n1. The van der Waals surface area contributed by atoms with Gasteiger partial charge in [0.25, 0.3) is 0 Å². The number of hydrogen-bond donors (Lipinski definition) is 1. The first-order chi connectivity index (χ1) is 9.69. The maximum atomic E-state index is 4.50. The van der Waals surface area contributed by atoms with Crippen molar-refractivity contribution >= 4 is 17.3 Å². The molecule has 0 fully saturated rings. The molecule has 1 aromatic carbocycles. The molecule has 106 valence electrons. The predicted octanol–water partition coefficient (Wildman–Crippen LogP) is 3.76. The minimum absolute atomic E-state index is 0.782. The number of aryl methyl sites for hydroxylation is 1. The molecule has 0 aliphatic carbocycles. The van der Waals surface area contributed by atoms with Crippen LogP contribution in [0.15, 0.2) is 36.4 Å². The van der Waals surface area contributed by atoms with Crippen LogP contribution in [0.5, 0.6) is 0 Å². The van der Waals surface area contributed by atoms with E-state index in [2.05, 4.69) is 34.2 Å². The zero-order chi connectivity index (χ0) is 14.4. The molecule has 0 saturated carbocycles. The minimum atomic E-state index is 0.782. The monoisotopic (exact) mass is 270 g/mol. The number of benzene rings is 1. The van der Waals surface area contributed by atoms with Crippen molar-refractivity contribution in [3.05, 3.63) is 42.2 Å². The van der Waals surface area contributed by atoms with E-state index in [9.17, 15) is 0 Å². The van der Waals surface area contributed by atoms with Crippen LogP contribution in [-0.4, -0.2) is 23.6 Å². The Kier molecular flexibility index (Phi) is 4.93. The zero-order valence-electron chi connectivity index (χ0n) is 12.4. The zero-order valence-corrected chi connectivity index (χ0v) is 12.4. The Labute approximate surface area is 120 Å². The second kappa shape index (κ2) is 6.89. The van der Waals surface area contributed by atoms with Gasteiger partial charge in [-0.3, -0.25) is 0 Å². The quantitative estimate of drug-likeness (QED) is 0.867. The molecule has 20 heavy (non-hydrogen) atoms. The molecule has 0 bridgehead atoms. The van der Waals surface area contributed by atoms with Crippen LogP contribution in [0, 0.1) is 6.92 Å². The van der Waals surface area contributed by atoms with Crippen molar-refractivity contribution in [1.29, 1.82) is 0 Å². The summed E-state index contributed by atoms with van der Waals surface area (Å²) in [5.41, 5.74) is 1.03. The molecule has 2 aromatic rings. The van der Waals surface area contributed by atoms with Crippen molar-refractivity contribution in [2.24, 2.45) is 0 Å². The van der Waals surface area contributed by atoms with Gasteiger partial charge in [-0.15, -0.1) is 0 Å². The largest absolute Gasteiger partial charge is 0.360 e. The topological polar surface area (TPSA) is 41.0 Å². The summed E-state index contributed by atoms with van der Waals surface area (Å²) in [7, 11) is 2.07. The van der Waals surface area contributed by atoms with Gasteiger partial charge in [0.05, 0.1) is 0 Å². The lowest BCUT2D eigenvalue weighted by molar-refractivity contribution is 0.756. The molecule has 0 saturated heterocycles. The minimum Gasteiger partial charge on any atom is -0.360 e. The Balaban J connectivity index is 2.16. The fraction of sp³-hybridized carbons (Fsp3) is 0.375. The highest BCUT2D eigenvalue weighted by Crippen LogP contribution is 2.19. The lowest BCUT2D eigenvalue weighted by Gasteiger charge is -2.19. The number of nitrogens with zero attached hydrogens (tertiary/aromatic N) is 3. The summed E-state index contributed by atoms with van der Waals surface area (Å²) >= 11 is 0. The van der Waals surface area contributed by atoms with Gasteiger partial charge >= 0.3 is 0 Å². The number of unbranched alkanes of at least 4 members (excludes halogenated alkanes) is 1. The first kappa shape index (κ1) is 14.3. The van der Waals surface area contributed by atoms with Crippen molar-refractivity contribution in [2.75, 3.05) is 23.8 Å². The first-order valence-corrected chi connectivity index (χ1v) is 7.08. The van der Waals surface area contributed by atoms with E-state index in [4.69, 9.17) is 0 Å². The standard InChI is InChI=1S/C16H22N4/c1-4-5-11-20(3)16-12-15(17-13(2)18-16)19-14-9-7-6-8-10-14/h6-10,12H,4-5,11H2,1-3H3,(H,17,18,19). The van der Waals surface area contributed by atoms with Crippen LogP contribution in [0.1, 0.15) is 25.6 Å². The van der Waals surface area contributed by atoms with Gasteiger partial charge in [0.15, 0.2) is 0 Å². The van der Waals surface area contributed by atoms with Crippen LogP contribution in [-0.2, 0) is 0 Å². The molecule has 1 N–H and O–H groups in total. The summed E-state index contributed by atoms with van der Waals surface area (Å²) in [5, 5.41) is 3.32. The first-order valence-electron chi connectivity index (χ1n) is 7.08. The van der Waals surface area contributed by atoms with Gasteiger partial charge in [0.1, 0.15) is 17.5 Å². The van der Waals surface area contributed by atoms with Gasteiger partial charge in [-0.05, 0) is 25.5 Å². The maximum absolute atomic E-state index is 4.50. The van der Waals surface area contributed by atoms with Gasteiger partial charge in [-0.25, -0.2) is 9.97 Å². The van der Waals surface area contributed by atoms with Gasteiger partial charge in [-0.1, -0.05) is 31.5 Å². The third-order valence-corrected chi connectivity index (χ3v) is 3.11. The molecule has 0 amide bonds. The summed E-state index contributed by atoms with van der Waals surface area (Å²) in [6, 6.07) is 12.1. The second-order valence-electron chi connectivity index (χ2n) is 4.92. The third-order valence-electron chi connectivity index (χ3n) is 3.11. The van der Waals surface area contributed by atoms with Crippen LogP contribution in [0.2, 0.25) is 0 Å². The van der Waals surface area contributed by atoms with E-state index in [0.29, 0.717) is 0 Å². The van der Waals surface area contributed by atoms with Crippen LogP contribution in [0.4, 0.5) is 17.3 Å². The van der Waals surface area contributed by atoms with E-state index in [1.54, 1.807) is 0 Å². The molecule has 0 unspecified atom stereocenters. The Hall–Kier alpha value is -2.10. The number of para-hydroxylation sites is 1. The third kappa shape index (κ3) is 3.95. The van der Waals surface area contributed by atoms with Crippen molar-refractivity contribution in [2.45, 2.75) is 26.7 Å². The van der Waals surface area contributed by atoms with E-state index < -0.39 is 0 Å². The van der Waals surface area contributed by atoms with Gasteiger partial charge in [-0.2, -0.15) is 0 Å². The number of rotatable bonds is 6. The lowest BCUT2D eigenvalue weighted by Crippen LogP contribution is -2.20. The highest BCUT2D eigenvalue weighted by Gasteiger charge is 2.06. The van der Waals surface area contributed by atoms with E-state index in [1.807, 2.05) is 43.3 Å². The Morgan fingerprint density at radius 3 is 2.60 bits per heavy atom. The maximum Gasteiger partial charge on any atom is 0.136 e. The molecule has 2 rings (SSSR count). The van der Waals surface area contributed by atoms with E-state index >= 15 is 0 Å². The predicted molar refractivity (Wildman–Crippen MR) is 84.7 cm³/mol. The molecule has 4 nitrogen and oxygen atoms in total. The second-order valence-corrected chi connectivity index (χ2v) is 4.92. The van der Waals surface area contributed by atoms with Crippen LogP contribution in [0.3, 0.4) is 0 Å². The van der Waals surface area contributed by atoms with Crippen molar-refractivity contribution < 1.29 is 0 Å². The average Bonchev–Trinajstić information content (AvgIpc) is 2.45. The van der Waals surface area contributed by atoms with E-state index in [1.165, 1.54) is 12.8 Å². The smallest absolute Gasteiger partial charge is 0.136 e. The van der Waals surface area contributed by atoms with Crippen molar-refractivity contribution in [1.82, 2.24) is 9.97 Å². The molecule has 1 heterocycles. The summed E-state index contributed by atoms with van der Waals surface area (Å²) in [6.07, 6.45) is 2.35. The molecule has 0 aliphatic heterocycles. The Morgan fingerprint density at radius 2 is 1.90 bits per heavy atom. The number of anilines is 3. The fourth-order valence-electron chi connectivity index (χ4n) is 1.99. The molecule has 0 aliphatic rings. The highest BCUT2D eigenvalue weighted by atomic mass is 15.2. The van der Waals surface area contributed by atoms with Crippen LogP contribution >= 0.6 is 0 Å². The molecule has 4 heteroatoms.